The second-order valence-electron chi connectivity index (χ2n) is 3.81. The molecule has 0 aromatic carbocycles. The summed E-state index contributed by atoms with van der Waals surface area (Å²) in [6, 6.07) is 2.20. The Bertz CT molecular complexity index is 174. The fraction of sp³-hybridized carbons (Fsp3) is 0.889. The Morgan fingerprint density at radius 2 is 1.91 bits per heavy atom. The van der Waals surface area contributed by atoms with Crippen molar-refractivity contribution in [3.63, 3.8) is 0 Å². The molecule has 0 aliphatic heterocycles. The minimum Gasteiger partial charge on any atom is -0.296 e. The lowest BCUT2D eigenvalue weighted by Crippen LogP contribution is -2.41. The van der Waals surface area contributed by atoms with E-state index >= 15 is 0 Å². The van der Waals surface area contributed by atoms with Crippen molar-refractivity contribution in [3.8, 4) is 6.07 Å². The highest BCUT2D eigenvalue weighted by Crippen LogP contribution is 2.42. The second kappa shape index (κ2) is 2.83. The van der Waals surface area contributed by atoms with Gasteiger partial charge in [0, 0.05) is 5.54 Å². The highest BCUT2D eigenvalue weighted by atomic mass is 15.1. The maximum Gasteiger partial charge on any atom is 0.0928 e. The van der Waals surface area contributed by atoms with Gasteiger partial charge in [-0.1, -0.05) is 13.8 Å². The number of nitrogens with zero attached hydrogens (tertiary/aromatic N) is 1. The first-order valence-electron chi connectivity index (χ1n) is 4.28. The van der Waals surface area contributed by atoms with E-state index in [2.05, 4.69) is 25.2 Å². The molecule has 0 aromatic rings. The zero-order valence-corrected chi connectivity index (χ0v) is 7.52. The van der Waals surface area contributed by atoms with Gasteiger partial charge < -0.3 is 0 Å². The van der Waals surface area contributed by atoms with Crippen LogP contribution in [0.3, 0.4) is 0 Å². The molecule has 0 heterocycles. The summed E-state index contributed by atoms with van der Waals surface area (Å²) in [5, 5.41) is 12.0. The topological polar surface area (TPSA) is 35.8 Å². The number of hydrogen-bond acceptors (Lipinski definition) is 2. The molecule has 0 spiro atoms. The Kier molecular flexibility index (Phi) is 2.20. The van der Waals surface area contributed by atoms with Crippen LogP contribution in [-0.2, 0) is 0 Å². The van der Waals surface area contributed by atoms with Crippen molar-refractivity contribution in [1.29, 1.82) is 5.26 Å². The molecule has 0 aromatic heterocycles. The minimum atomic E-state index is -0.0000926. The summed E-state index contributed by atoms with van der Waals surface area (Å²) in [5.41, 5.74) is 0.301. The predicted octanol–water partition coefficient (Wildman–Crippen LogP) is 1.68. The third-order valence-corrected chi connectivity index (χ3v) is 2.59. The van der Waals surface area contributed by atoms with Gasteiger partial charge in [0.2, 0.25) is 0 Å². The van der Waals surface area contributed by atoms with E-state index in [0.29, 0.717) is 11.5 Å². The van der Waals surface area contributed by atoms with Crippen molar-refractivity contribution < 1.29 is 0 Å². The summed E-state index contributed by atoms with van der Waals surface area (Å²) < 4.78 is 0. The van der Waals surface area contributed by atoms with Crippen LogP contribution in [0.25, 0.3) is 0 Å². The lowest BCUT2D eigenvalue weighted by atomic mass is 10.0. The van der Waals surface area contributed by atoms with Crippen molar-refractivity contribution in [1.82, 2.24) is 5.32 Å². The van der Waals surface area contributed by atoms with Crippen LogP contribution in [0.2, 0.25) is 0 Å². The van der Waals surface area contributed by atoms with E-state index in [-0.39, 0.29) is 6.04 Å². The van der Waals surface area contributed by atoms with Crippen LogP contribution in [0.4, 0.5) is 0 Å². The zero-order chi connectivity index (χ0) is 8.48. The number of hydrogen-bond donors (Lipinski definition) is 1. The lowest BCUT2D eigenvalue weighted by molar-refractivity contribution is 0.366. The van der Waals surface area contributed by atoms with Crippen molar-refractivity contribution in [2.45, 2.75) is 45.2 Å². The molecule has 1 aliphatic carbocycles. The smallest absolute Gasteiger partial charge is 0.0928 e. The molecule has 1 fully saturated rings. The third kappa shape index (κ3) is 1.72. The van der Waals surface area contributed by atoms with Gasteiger partial charge in [0.1, 0.15) is 0 Å². The van der Waals surface area contributed by atoms with E-state index in [4.69, 9.17) is 5.26 Å². The SMILES string of the molecule is CC(C#N)NC1(C(C)C)CC1. The third-order valence-electron chi connectivity index (χ3n) is 2.59. The van der Waals surface area contributed by atoms with E-state index in [1.165, 1.54) is 12.8 Å². The molecule has 0 amide bonds. The van der Waals surface area contributed by atoms with Gasteiger partial charge in [-0.15, -0.1) is 0 Å². The molecule has 0 bridgehead atoms. The van der Waals surface area contributed by atoms with Gasteiger partial charge in [0.15, 0.2) is 0 Å². The van der Waals surface area contributed by atoms with Crippen LogP contribution in [0.15, 0.2) is 0 Å². The summed E-state index contributed by atoms with van der Waals surface area (Å²) in [7, 11) is 0. The van der Waals surface area contributed by atoms with Gasteiger partial charge in [-0.25, -0.2) is 0 Å². The summed E-state index contributed by atoms with van der Waals surface area (Å²) in [6.45, 7) is 6.34. The minimum absolute atomic E-state index is 0.0000926. The molecule has 2 heteroatoms. The van der Waals surface area contributed by atoms with Crippen LogP contribution in [-0.4, -0.2) is 11.6 Å². The summed E-state index contributed by atoms with van der Waals surface area (Å²) >= 11 is 0. The standard InChI is InChI=1S/C9H16N2/c1-7(2)9(4-5-9)11-8(3)6-10/h7-8,11H,4-5H2,1-3H3. The Morgan fingerprint density at radius 3 is 2.18 bits per heavy atom. The quantitative estimate of drug-likeness (QED) is 0.667. The van der Waals surface area contributed by atoms with E-state index in [1.54, 1.807) is 0 Å². The average Bonchev–Trinajstić information content (AvgIpc) is 2.69. The summed E-state index contributed by atoms with van der Waals surface area (Å²) in [4.78, 5) is 0. The van der Waals surface area contributed by atoms with Crippen molar-refractivity contribution in [2.24, 2.45) is 5.92 Å². The first kappa shape index (κ1) is 8.55. The first-order chi connectivity index (χ1) is 5.10. The van der Waals surface area contributed by atoms with Crippen molar-refractivity contribution in [3.05, 3.63) is 0 Å². The molecule has 1 unspecified atom stereocenters. The molecule has 1 atom stereocenters. The number of nitriles is 1. The Balaban J connectivity index is 2.43. The number of nitrogens with one attached hydrogen (secondary N) is 1. The fourth-order valence-electron chi connectivity index (χ4n) is 1.49. The van der Waals surface area contributed by atoms with Gasteiger partial charge in [-0.05, 0) is 25.7 Å². The highest BCUT2D eigenvalue weighted by Gasteiger charge is 2.45. The van der Waals surface area contributed by atoms with E-state index < -0.39 is 0 Å². The Hall–Kier alpha value is -0.550. The van der Waals surface area contributed by atoms with Gasteiger partial charge in [-0.3, -0.25) is 5.32 Å². The monoisotopic (exact) mass is 152 g/mol. The molecule has 2 nitrogen and oxygen atoms in total. The van der Waals surface area contributed by atoms with Crippen LogP contribution in [0, 0.1) is 17.2 Å². The molecule has 1 saturated carbocycles. The molecule has 1 aliphatic rings. The molecular weight excluding hydrogens is 136 g/mol. The molecule has 0 radical (unpaired) electrons. The lowest BCUT2D eigenvalue weighted by Gasteiger charge is -2.22. The van der Waals surface area contributed by atoms with Crippen LogP contribution >= 0.6 is 0 Å². The normalized spacial score (nSPS) is 22.8. The maximum absolute atomic E-state index is 8.60. The molecule has 0 saturated heterocycles. The van der Waals surface area contributed by atoms with Crippen LogP contribution in [0.5, 0.6) is 0 Å². The van der Waals surface area contributed by atoms with Gasteiger partial charge >= 0.3 is 0 Å². The molecule has 62 valence electrons. The highest BCUT2D eigenvalue weighted by molar-refractivity contribution is 5.07. The average molecular weight is 152 g/mol. The van der Waals surface area contributed by atoms with E-state index in [9.17, 15) is 0 Å². The Morgan fingerprint density at radius 1 is 1.36 bits per heavy atom. The molecule has 11 heavy (non-hydrogen) atoms. The van der Waals surface area contributed by atoms with E-state index in [0.717, 1.165) is 0 Å². The van der Waals surface area contributed by atoms with Gasteiger partial charge in [-0.2, -0.15) is 5.26 Å². The zero-order valence-electron chi connectivity index (χ0n) is 7.52. The predicted molar refractivity (Wildman–Crippen MR) is 45.0 cm³/mol. The maximum atomic E-state index is 8.60. The molecule has 1 N–H and O–H groups in total. The molecular formula is C9H16N2. The second-order valence-corrected chi connectivity index (χ2v) is 3.81. The van der Waals surface area contributed by atoms with Gasteiger partial charge in [0.25, 0.3) is 0 Å². The first-order valence-corrected chi connectivity index (χ1v) is 4.28. The van der Waals surface area contributed by atoms with Gasteiger partial charge in [0.05, 0.1) is 12.1 Å². The number of rotatable bonds is 3. The van der Waals surface area contributed by atoms with Crippen LogP contribution in [0.1, 0.15) is 33.6 Å². The largest absolute Gasteiger partial charge is 0.296 e. The van der Waals surface area contributed by atoms with Crippen LogP contribution < -0.4 is 5.32 Å². The Labute approximate surface area is 68.6 Å². The fourth-order valence-corrected chi connectivity index (χ4v) is 1.49. The summed E-state index contributed by atoms with van der Waals surface area (Å²) in [6.07, 6.45) is 2.47. The molecule has 1 rings (SSSR count). The van der Waals surface area contributed by atoms with Crippen molar-refractivity contribution >= 4 is 0 Å². The van der Waals surface area contributed by atoms with E-state index in [1.807, 2.05) is 6.92 Å². The summed E-state index contributed by atoms with van der Waals surface area (Å²) in [5.74, 6) is 0.651. The van der Waals surface area contributed by atoms with Crippen molar-refractivity contribution in [2.75, 3.05) is 0 Å².